The standard InChI is InChI=1S/C26H23F4N5O2/c27-21-7-5-17(3-4-18-15-32-25(31)33-16-18)13-20(21)24(36)34-22-14-19(26(28,29)30)6-8-23(22)37-12-11-35-9-1-2-10-35/h5-8,13-16H,1-2,9-12H2,(H,34,36)(H2,31,32,33). The van der Waals surface area contributed by atoms with Crippen molar-refractivity contribution < 1.29 is 27.1 Å². The van der Waals surface area contributed by atoms with Crippen molar-refractivity contribution in [3.8, 4) is 17.6 Å². The molecule has 192 valence electrons. The fourth-order valence-corrected chi connectivity index (χ4v) is 3.73. The smallest absolute Gasteiger partial charge is 0.416 e. The molecule has 1 saturated heterocycles. The van der Waals surface area contributed by atoms with Gasteiger partial charge in [0.1, 0.15) is 18.2 Å². The Labute approximate surface area is 210 Å². The minimum atomic E-state index is -4.64. The molecule has 2 aromatic carbocycles. The van der Waals surface area contributed by atoms with Gasteiger partial charge in [-0.25, -0.2) is 14.4 Å². The van der Waals surface area contributed by atoms with Gasteiger partial charge in [0.05, 0.1) is 22.4 Å². The lowest BCUT2D eigenvalue weighted by Crippen LogP contribution is -2.25. The van der Waals surface area contributed by atoms with E-state index >= 15 is 0 Å². The molecule has 7 nitrogen and oxygen atoms in total. The van der Waals surface area contributed by atoms with Crippen LogP contribution in [0.4, 0.5) is 29.2 Å². The molecule has 0 unspecified atom stereocenters. The monoisotopic (exact) mass is 513 g/mol. The van der Waals surface area contributed by atoms with E-state index in [0.29, 0.717) is 17.7 Å². The number of halogens is 4. The number of ether oxygens (including phenoxy) is 1. The molecule has 3 aromatic rings. The Balaban J connectivity index is 1.55. The molecule has 37 heavy (non-hydrogen) atoms. The van der Waals surface area contributed by atoms with Gasteiger partial charge in [0.15, 0.2) is 0 Å². The average Bonchev–Trinajstić information content (AvgIpc) is 3.38. The molecular formula is C26H23F4N5O2. The molecule has 1 aliphatic rings. The van der Waals surface area contributed by atoms with Crippen molar-refractivity contribution in [2.75, 3.05) is 37.3 Å². The third-order valence-corrected chi connectivity index (χ3v) is 5.65. The summed E-state index contributed by atoms with van der Waals surface area (Å²) in [5.74, 6) is 3.87. The Morgan fingerprint density at radius 1 is 1.05 bits per heavy atom. The van der Waals surface area contributed by atoms with Gasteiger partial charge in [-0.1, -0.05) is 11.8 Å². The average molecular weight is 513 g/mol. The number of rotatable bonds is 6. The number of benzene rings is 2. The maximum absolute atomic E-state index is 14.5. The van der Waals surface area contributed by atoms with Gasteiger partial charge in [-0.05, 0) is 62.3 Å². The van der Waals surface area contributed by atoms with Gasteiger partial charge in [0.25, 0.3) is 5.91 Å². The minimum Gasteiger partial charge on any atom is -0.490 e. The second-order valence-electron chi connectivity index (χ2n) is 8.33. The Bertz CT molecular complexity index is 1330. The summed E-state index contributed by atoms with van der Waals surface area (Å²) in [5.41, 5.74) is 4.61. The predicted molar refractivity (Wildman–Crippen MR) is 129 cm³/mol. The largest absolute Gasteiger partial charge is 0.490 e. The number of carbonyl (C=O) groups is 1. The molecule has 0 atom stereocenters. The van der Waals surface area contributed by atoms with Crippen molar-refractivity contribution in [1.82, 2.24) is 14.9 Å². The van der Waals surface area contributed by atoms with E-state index < -0.39 is 23.5 Å². The third-order valence-electron chi connectivity index (χ3n) is 5.65. The molecule has 1 fully saturated rings. The van der Waals surface area contributed by atoms with E-state index in [2.05, 4.69) is 32.0 Å². The maximum Gasteiger partial charge on any atom is 0.416 e. The number of nitrogens with two attached hydrogens (primary N) is 1. The number of hydrogen-bond donors (Lipinski definition) is 2. The van der Waals surface area contributed by atoms with Crippen LogP contribution in [0, 0.1) is 17.7 Å². The molecule has 0 spiro atoms. The lowest BCUT2D eigenvalue weighted by atomic mass is 10.1. The molecule has 1 aliphatic heterocycles. The van der Waals surface area contributed by atoms with Gasteiger partial charge in [-0.15, -0.1) is 0 Å². The highest BCUT2D eigenvalue weighted by Gasteiger charge is 2.31. The first-order valence-corrected chi connectivity index (χ1v) is 11.5. The van der Waals surface area contributed by atoms with Gasteiger partial charge < -0.3 is 15.8 Å². The summed E-state index contributed by atoms with van der Waals surface area (Å²) in [7, 11) is 0. The highest BCUT2D eigenvalue weighted by atomic mass is 19.4. The SMILES string of the molecule is Nc1ncc(C#Cc2ccc(F)c(C(=O)Nc3cc(C(F)(F)F)ccc3OCCN3CCCC3)c2)cn1. The van der Waals surface area contributed by atoms with Crippen molar-refractivity contribution >= 4 is 17.5 Å². The topological polar surface area (TPSA) is 93.4 Å². The number of nitrogens with one attached hydrogen (secondary N) is 1. The Kier molecular flexibility index (Phi) is 7.89. The number of alkyl halides is 3. The molecule has 1 amide bonds. The lowest BCUT2D eigenvalue weighted by molar-refractivity contribution is -0.137. The normalized spacial score (nSPS) is 13.6. The van der Waals surface area contributed by atoms with E-state index in [4.69, 9.17) is 10.5 Å². The first kappa shape index (κ1) is 25.9. The van der Waals surface area contributed by atoms with E-state index in [-0.39, 0.29) is 29.6 Å². The summed E-state index contributed by atoms with van der Waals surface area (Å²) in [6.45, 7) is 2.69. The summed E-state index contributed by atoms with van der Waals surface area (Å²) in [5, 5.41) is 2.37. The number of nitrogen functional groups attached to an aromatic ring is 1. The first-order valence-electron chi connectivity index (χ1n) is 11.5. The number of amides is 1. The molecular weight excluding hydrogens is 490 g/mol. The van der Waals surface area contributed by atoms with Crippen molar-refractivity contribution in [3.63, 3.8) is 0 Å². The number of carbonyl (C=O) groups excluding carboxylic acids is 1. The Hall–Kier alpha value is -4.17. The molecule has 1 aromatic heterocycles. The quantitative estimate of drug-likeness (QED) is 0.376. The van der Waals surface area contributed by atoms with Gasteiger partial charge in [0.2, 0.25) is 5.95 Å². The first-order chi connectivity index (χ1) is 17.7. The van der Waals surface area contributed by atoms with Crippen LogP contribution in [0.3, 0.4) is 0 Å². The van der Waals surface area contributed by atoms with Crippen LogP contribution in [0.2, 0.25) is 0 Å². The van der Waals surface area contributed by atoms with Crippen LogP contribution in [0.5, 0.6) is 5.75 Å². The number of likely N-dealkylation sites (tertiary alicyclic amines) is 1. The lowest BCUT2D eigenvalue weighted by Gasteiger charge is -2.18. The maximum atomic E-state index is 14.5. The van der Waals surface area contributed by atoms with Gasteiger partial charge in [-0.3, -0.25) is 9.69 Å². The third kappa shape index (κ3) is 6.95. The van der Waals surface area contributed by atoms with Crippen LogP contribution in [0.25, 0.3) is 0 Å². The molecule has 0 saturated carbocycles. The van der Waals surface area contributed by atoms with E-state index in [0.717, 1.165) is 50.2 Å². The van der Waals surface area contributed by atoms with Crippen LogP contribution in [0.15, 0.2) is 48.8 Å². The number of hydrogen-bond acceptors (Lipinski definition) is 6. The summed E-state index contributed by atoms with van der Waals surface area (Å²) >= 11 is 0. The van der Waals surface area contributed by atoms with Crippen LogP contribution in [-0.4, -0.2) is 47.0 Å². The molecule has 3 N–H and O–H groups in total. The highest BCUT2D eigenvalue weighted by Crippen LogP contribution is 2.35. The molecule has 2 heterocycles. The minimum absolute atomic E-state index is 0.0558. The van der Waals surface area contributed by atoms with E-state index in [1.54, 1.807) is 0 Å². The van der Waals surface area contributed by atoms with Gasteiger partial charge in [0, 0.05) is 24.5 Å². The zero-order valence-electron chi connectivity index (χ0n) is 19.6. The zero-order valence-corrected chi connectivity index (χ0v) is 19.6. The molecule has 0 bridgehead atoms. The van der Waals surface area contributed by atoms with Crippen molar-refractivity contribution in [2.24, 2.45) is 0 Å². The number of nitrogens with zero attached hydrogens (tertiary/aromatic N) is 3. The van der Waals surface area contributed by atoms with Crippen molar-refractivity contribution in [2.45, 2.75) is 19.0 Å². The summed E-state index contributed by atoms with van der Waals surface area (Å²) < 4.78 is 60.2. The van der Waals surface area contributed by atoms with Crippen LogP contribution >= 0.6 is 0 Å². The molecule has 11 heteroatoms. The Morgan fingerprint density at radius 2 is 1.76 bits per heavy atom. The number of aromatic nitrogens is 2. The molecule has 0 radical (unpaired) electrons. The second kappa shape index (κ2) is 11.3. The molecule has 4 rings (SSSR count). The summed E-state index contributed by atoms with van der Waals surface area (Å²) in [6.07, 6.45) is 0.353. The van der Waals surface area contributed by atoms with Gasteiger partial charge in [-0.2, -0.15) is 13.2 Å². The van der Waals surface area contributed by atoms with Crippen LogP contribution in [0.1, 0.15) is 39.9 Å². The summed E-state index contributed by atoms with van der Waals surface area (Å²) in [4.78, 5) is 22.7. The summed E-state index contributed by atoms with van der Waals surface area (Å²) in [6, 6.07) is 6.42. The second-order valence-corrected chi connectivity index (χ2v) is 8.33. The van der Waals surface area contributed by atoms with E-state index in [9.17, 15) is 22.4 Å². The van der Waals surface area contributed by atoms with Crippen molar-refractivity contribution in [3.05, 3.63) is 76.9 Å². The van der Waals surface area contributed by atoms with Crippen molar-refractivity contribution in [1.29, 1.82) is 0 Å². The van der Waals surface area contributed by atoms with Crippen LogP contribution in [-0.2, 0) is 6.18 Å². The fraction of sp³-hybridized carbons (Fsp3) is 0.269. The fourth-order valence-electron chi connectivity index (χ4n) is 3.73. The van der Waals surface area contributed by atoms with E-state index in [1.165, 1.54) is 24.5 Å². The molecule has 0 aliphatic carbocycles. The van der Waals surface area contributed by atoms with Crippen LogP contribution < -0.4 is 15.8 Å². The zero-order chi connectivity index (χ0) is 26.4. The van der Waals surface area contributed by atoms with E-state index in [1.807, 2.05) is 0 Å². The highest BCUT2D eigenvalue weighted by molar-refractivity contribution is 6.05. The predicted octanol–water partition coefficient (Wildman–Crippen LogP) is 4.34. The van der Waals surface area contributed by atoms with Gasteiger partial charge >= 0.3 is 6.18 Å². The number of anilines is 2. The Morgan fingerprint density at radius 3 is 2.46 bits per heavy atom.